The van der Waals surface area contributed by atoms with Crippen LogP contribution < -0.4 is 5.32 Å². The molecule has 1 N–H and O–H groups in total. The summed E-state index contributed by atoms with van der Waals surface area (Å²) in [5.41, 5.74) is 1.97. The molecule has 1 amide bonds. The highest BCUT2D eigenvalue weighted by molar-refractivity contribution is 7.89. The van der Waals surface area contributed by atoms with E-state index in [-0.39, 0.29) is 17.2 Å². The molecule has 0 aliphatic rings. The van der Waals surface area contributed by atoms with Gasteiger partial charge in [0.25, 0.3) is 0 Å². The van der Waals surface area contributed by atoms with Gasteiger partial charge in [-0.15, -0.1) is 0 Å². The Morgan fingerprint density at radius 2 is 1.83 bits per heavy atom. The summed E-state index contributed by atoms with van der Waals surface area (Å²) in [7, 11) is -0.541. The summed E-state index contributed by atoms with van der Waals surface area (Å²) in [5.74, 6) is 0.396. The fourth-order valence-electron chi connectivity index (χ4n) is 2.04. The lowest BCUT2D eigenvalue weighted by Gasteiger charge is -2.12. The fourth-order valence-corrected chi connectivity index (χ4v) is 2.94. The van der Waals surface area contributed by atoms with Gasteiger partial charge in [0.15, 0.2) is 0 Å². The summed E-state index contributed by atoms with van der Waals surface area (Å²) in [5, 5.41) is 6.53. The topological polar surface area (TPSA) is 92.5 Å². The summed E-state index contributed by atoms with van der Waals surface area (Å²) < 4.78 is 30.1. The van der Waals surface area contributed by atoms with Crippen molar-refractivity contribution in [2.24, 2.45) is 0 Å². The molecule has 0 saturated heterocycles. The molecule has 0 unspecified atom stereocenters. The zero-order chi connectivity index (χ0) is 17.2. The predicted octanol–water partition coefficient (Wildman–Crippen LogP) is 1.72. The maximum absolute atomic E-state index is 12.1. The van der Waals surface area contributed by atoms with E-state index in [1.165, 1.54) is 26.2 Å². The van der Waals surface area contributed by atoms with Crippen LogP contribution in [0, 0.1) is 13.8 Å². The second kappa shape index (κ2) is 6.51. The molecule has 0 fully saturated rings. The highest BCUT2D eigenvalue weighted by atomic mass is 32.2. The summed E-state index contributed by atoms with van der Waals surface area (Å²) in [4.78, 5) is 12.2. The van der Waals surface area contributed by atoms with Crippen molar-refractivity contribution in [1.82, 2.24) is 9.46 Å². The van der Waals surface area contributed by atoms with Gasteiger partial charge in [-0.05, 0) is 38.1 Å². The number of hydrogen-bond acceptors (Lipinski definition) is 5. The normalized spacial score (nSPS) is 11.7. The average molecular weight is 337 g/mol. The van der Waals surface area contributed by atoms with Gasteiger partial charge in [0, 0.05) is 25.3 Å². The van der Waals surface area contributed by atoms with Gasteiger partial charge >= 0.3 is 0 Å². The Labute approximate surface area is 135 Å². The van der Waals surface area contributed by atoms with Crippen LogP contribution >= 0.6 is 0 Å². The predicted molar refractivity (Wildman–Crippen MR) is 85.6 cm³/mol. The van der Waals surface area contributed by atoms with Crippen LogP contribution in [0.25, 0.3) is 0 Å². The lowest BCUT2D eigenvalue weighted by atomic mass is 10.1. The Bertz CT molecular complexity index is 788. The van der Waals surface area contributed by atoms with Crippen LogP contribution in [0.15, 0.2) is 33.7 Å². The first-order chi connectivity index (χ1) is 10.7. The third-order valence-corrected chi connectivity index (χ3v) is 5.26. The third-order valence-electron chi connectivity index (χ3n) is 3.44. The number of carbonyl (C=O) groups excluding carboxylic acids is 1. The molecule has 0 radical (unpaired) electrons. The van der Waals surface area contributed by atoms with E-state index in [0.717, 1.165) is 9.87 Å². The highest BCUT2D eigenvalue weighted by Crippen LogP contribution is 2.18. The van der Waals surface area contributed by atoms with Gasteiger partial charge in [0.05, 0.1) is 17.0 Å². The third kappa shape index (κ3) is 3.77. The van der Waals surface area contributed by atoms with Crippen LogP contribution in [0.4, 0.5) is 5.69 Å². The zero-order valence-corrected chi connectivity index (χ0v) is 14.3. The Balaban J connectivity index is 2.08. The molecule has 7 nitrogen and oxygen atoms in total. The van der Waals surface area contributed by atoms with E-state index >= 15 is 0 Å². The van der Waals surface area contributed by atoms with Crippen molar-refractivity contribution >= 4 is 21.6 Å². The van der Waals surface area contributed by atoms with Crippen molar-refractivity contribution in [2.75, 3.05) is 19.4 Å². The fraction of sp³-hybridized carbons (Fsp3) is 0.333. The van der Waals surface area contributed by atoms with Crippen LogP contribution in [0.3, 0.4) is 0 Å². The van der Waals surface area contributed by atoms with Gasteiger partial charge in [-0.2, -0.15) is 0 Å². The lowest BCUT2D eigenvalue weighted by molar-refractivity contribution is -0.115. The zero-order valence-electron chi connectivity index (χ0n) is 13.5. The quantitative estimate of drug-likeness (QED) is 0.897. The second-order valence-electron chi connectivity index (χ2n) is 5.34. The summed E-state index contributed by atoms with van der Waals surface area (Å²) in [6.07, 6.45) is 0.152. The molecule has 124 valence electrons. The summed E-state index contributed by atoms with van der Waals surface area (Å²) in [6, 6.07) is 6.03. The second-order valence-corrected chi connectivity index (χ2v) is 7.49. The SMILES string of the molecule is Cc1noc(C)c1CC(=O)Nc1ccc(S(=O)(=O)N(C)C)cc1. The Hall–Kier alpha value is -2.19. The van der Waals surface area contributed by atoms with Crippen molar-refractivity contribution in [3.63, 3.8) is 0 Å². The van der Waals surface area contributed by atoms with Gasteiger partial charge in [0.1, 0.15) is 5.76 Å². The summed E-state index contributed by atoms with van der Waals surface area (Å²) >= 11 is 0. The number of aryl methyl sites for hydroxylation is 2. The van der Waals surface area contributed by atoms with Crippen LogP contribution in [0.1, 0.15) is 17.0 Å². The minimum atomic E-state index is -3.47. The van der Waals surface area contributed by atoms with Crippen molar-refractivity contribution < 1.29 is 17.7 Å². The molecular weight excluding hydrogens is 318 g/mol. The van der Waals surface area contributed by atoms with E-state index in [9.17, 15) is 13.2 Å². The van der Waals surface area contributed by atoms with Crippen molar-refractivity contribution in [1.29, 1.82) is 0 Å². The molecule has 0 spiro atoms. The number of anilines is 1. The number of hydrogen-bond donors (Lipinski definition) is 1. The van der Waals surface area contributed by atoms with Crippen molar-refractivity contribution in [3.05, 3.63) is 41.3 Å². The minimum absolute atomic E-state index is 0.152. The smallest absolute Gasteiger partial charge is 0.242 e. The Morgan fingerprint density at radius 1 is 1.22 bits per heavy atom. The molecule has 23 heavy (non-hydrogen) atoms. The van der Waals surface area contributed by atoms with E-state index in [4.69, 9.17) is 4.52 Å². The highest BCUT2D eigenvalue weighted by Gasteiger charge is 2.17. The number of rotatable bonds is 5. The molecule has 1 aromatic heterocycles. The molecule has 1 heterocycles. The first-order valence-electron chi connectivity index (χ1n) is 6.96. The largest absolute Gasteiger partial charge is 0.361 e. The molecule has 8 heteroatoms. The van der Waals surface area contributed by atoms with E-state index in [1.807, 2.05) is 0 Å². The molecule has 1 aromatic carbocycles. The number of sulfonamides is 1. The number of carbonyl (C=O) groups is 1. The number of nitrogens with zero attached hydrogens (tertiary/aromatic N) is 2. The van der Waals surface area contributed by atoms with Gasteiger partial charge in [-0.25, -0.2) is 12.7 Å². The average Bonchev–Trinajstić information content (AvgIpc) is 2.79. The van der Waals surface area contributed by atoms with Gasteiger partial charge < -0.3 is 9.84 Å². The lowest BCUT2D eigenvalue weighted by Crippen LogP contribution is -2.22. The molecule has 0 aliphatic carbocycles. The van der Waals surface area contributed by atoms with Crippen LogP contribution in [-0.4, -0.2) is 37.9 Å². The number of amides is 1. The van der Waals surface area contributed by atoms with Crippen molar-refractivity contribution in [2.45, 2.75) is 25.2 Å². The van der Waals surface area contributed by atoms with E-state index < -0.39 is 10.0 Å². The van der Waals surface area contributed by atoms with Crippen LogP contribution in [0.5, 0.6) is 0 Å². The molecule has 0 atom stereocenters. The first-order valence-corrected chi connectivity index (χ1v) is 8.40. The van der Waals surface area contributed by atoms with Crippen molar-refractivity contribution in [3.8, 4) is 0 Å². The number of aromatic nitrogens is 1. The van der Waals surface area contributed by atoms with E-state index in [2.05, 4.69) is 10.5 Å². The maximum atomic E-state index is 12.1. The minimum Gasteiger partial charge on any atom is -0.361 e. The molecule has 0 bridgehead atoms. The Morgan fingerprint density at radius 3 is 2.30 bits per heavy atom. The van der Waals surface area contributed by atoms with E-state index in [0.29, 0.717) is 17.1 Å². The monoisotopic (exact) mass is 337 g/mol. The van der Waals surface area contributed by atoms with Gasteiger partial charge in [-0.1, -0.05) is 5.16 Å². The summed E-state index contributed by atoms with van der Waals surface area (Å²) in [6.45, 7) is 3.53. The Kier molecular flexibility index (Phi) is 4.86. The molecule has 0 aliphatic heterocycles. The standard InChI is InChI=1S/C15H19N3O4S/c1-10-14(11(2)22-17-10)9-15(19)16-12-5-7-13(8-6-12)23(20,21)18(3)4/h5-8H,9H2,1-4H3,(H,16,19). The van der Waals surface area contributed by atoms with Crippen LogP contribution in [0.2, 0.25) is 0 Å². The first kappa shape index (κ1) is 17.2. The number of benzene rings is 1. The molecular formula is C15H19N3O4S. The molecule has 2 aromatic rings. The van der Waals surface area contributed by atoms with Gasteiger partial charge in [-0.3, -0.25) is 4.79 Å². The van der Waals surface area contributed by atoms with E-state index in [1.54, 1.807) is 26.0 Å². The molecule has 2 rings (SSSR count). The van der Waals surface area contributed by atoms with Gasteiger partial charge in [0.2, 0.25) is 15.9 Å². The van der Waals surface area contributed by atoms with Crippen LogP contribution in [-0.2, 0) is 21.2 Å². The molecule has 0 saturated carbocycles. The maximum Gasteiger partial charge on any atom is 0.242 e. The number of nitrogens with one attached hydrogen (secondary N) is 1.